The van der Waals surface area contributed by atoms with Crippen molar-refractivity contribution in [1.29, 1.82) is 0 Å². The summed E-state index contributed by atoms with van der Waals surface area (Å²) in [5.74, 6) is 0.114. The number of halogens is 1. The first kappa shape index (κ1) is 13.2. The van der Waals surface area contributed by atoms with Gasteiger partial charge >= 0.3 is 0 Å². The van der Waals surface area contributed by atoms with Gasteiger partial charge < -0.3 is 9.47 Å². The number of rotatable bonds is 3. The minimum Gasteiger partial charge on any atom is -0.466 e. The fraction of sp³-hybridized carbons (Fsp3) is 0.273. The van der Waals surface area contributed by atoms with Crippen molar-refractivity contribution in [3.63, 3.8) is 0 Å². The van der Waals surface area contributed by atoms with Crippen molar-refractivity contribution in [3.05, 3.63) is 47.3 Å². The van der Waals surface area contributed by atoms with E-state index in [1.807, 2.05) is 6.08 Å². The minimum atomic E-state index is -3.88. The fourth-order valence-corrected chi connectivity index (χ4v) is 3.27. The van der Waals surface area contributed by atoms with Crippen LogP contribution in [-0.2, 0) is 19.5 Å². The van der Waals surface area contributed by atoms with Gasteiger partial charge in [-0.25, -0.2) is 13.6 Å². The van der Waals surface area contributed by atoms with Gasteiger partial charge in [0.2, 0.25) is 10.0 Å². The summed E-state index contributed by atoms with van der Waals surface area (Å²) in [4.78, 5) is 0. The summed E-state index contributed by atoms with van der Waals surface area (Å²) < 4.78 is 33.5. The molecule has 1 aliphatic heterocycles. The summed E-state index contributed by atoms with van der Waals surface area (Å²) in [6.45, 7) is 0. The van der Waals surface area contributed by atoms with Crippen LogP contribution in [-0.4, -0.2) is 13.7 Å². The Labute approximate surface area is 110 Å². The van der Waals surface area contributed by atoms with E-state index in [0.717, 1.165) is 0 Å². The van der Waals surface area contributed by atoms with Crippen LogP contribution >= 0.6 is 11.6 Å². The lowest BCUT2D eigenvalue weighted by Gasteiger charge is -2.23. The number of sulfonamides is 1. The highest BCUT2D eigenvalue weighted by Crippen LogP contribution is 2.32. The normalized spacial score (nSPS) is 21.1. The van der Waals surface area contributed by atoms with Crippen LogP contribution in [0.1, 0.15) is 12.8 Å². The Morgan fingerprint density at radius 3 is 2.72 bits per heavy atom. The molecular weight excluding hydrogens is 278 g/mol. The maximum absolute atomic E-state index is 11.7. The Kier molecular flexibility index (Phi) is 3.79. The first-order chi connectivity index (χ1) is 8.50. The minimum absolute atomic E-state index is 0.114. The first-order valence-corrected chi connectivity index (χ1v) is 7.23. The molecule has 7 heteroatoms. The van der Waals surface area contributed by atoms with Crippen LogP contribution in [0.15, 0.2) is 47.3 Å². The lowest BCUT2D eigenvalue weighted by Crippen LogP contribution is -2.33. The van der Waals surface area contributed by atoms with Gasteiger partial charge in [-0.05, 0) is 24.5 Å². The third-order valence-corrected chi connectivity index (χ3v) is 4.12. The molecule has 0 aromatic rings. The van der Waals surface area contributed by atoms with Gasteiger partial charge in [-0.3, -0.25) is 0 Å². The zero-order valence-corrected chi connectivity index (χ0v) is 10.9. The van der Waals surface area contributed by atoms with Crippen molar-refractivity contribution in [2.75, 3.05) is 0 Å². The highest BCUT2D eigenvalue weighted by atomic mass is 35.5. The summed E-state index contributed by atoms with van der Waals surface area (Å²) >= 11 is 6.03. The van der Waals surface area contributed by atoms with E-state index in [-0.39, 0.29) is 5.76 Å². The van der Waals surface area contributed by atoms with Gasteiger partial charge in [0.1, 0.15) is 18.8 Å². The third-order valence-electron chi connectivity index (χ3n) is 2.58. The zero-order chi connectivity index (χ0) is 13.2. The third kappa shape index (κ3) is 2.77. The van der Waals surface area contributed by atoms with Crippen molar-refractivity contribution < 1.29 is 17.9 Å². The van der Waals surface area contributed by atoms with E-state index in [0.29, 0.717) is 23.4 Å². The topological polar surface area (TPSA) is 78.6 Å². The van der Waals surface area contributed by atoms with Crippen molar-refractivity contribution in [2.45, 2.75) is 18.1 Å². The zero-order valence-electron chi connectivity index (χ0n) is 9.37. The molecule has 0 amide bonds. The predicted octanol–water partition coefficient (Wildman–Crippen LogP) is 1.85. The Hall–Kier alpha value is -1.24. The van der Waals surface area contributed by atoms with E-state index < -0.39 is 15.3 Å². The molecule has 0 radical (unpaired) electrons. The molecule has 1 aliphatic carbocycles. The van der Waals surface area contributed by atoms with Crippen LogP contribution in [0, 0.1) is 0 Å². The molecule has 0 bridgehead atoms. The number of primary sulfonamides is 1. The molecule has 5 nitrogen and oxygen atoms in total. The van der Waals surface area contributed by atoms with E-state index in [2.05, 4.69) is 0 Å². The lowest BCUT2D eigenvalue weighted by atomic mass is 10.0. The fourth-order valence-electron chi connectivity index (χ4n) is 1.84. The molecule has 2 rings (SSSR count). The smallest absolute Gasteiger partial charge is 0.223 e. The molecule has 0 fully saturated rings. The van der Waals surface area contributed by atoms with Crippen LogP contribution < -0.4 is 5.14 Å². The predicted molar refractivity (Wildman–Crippen MR) is 67.5 cm³/mol. The van der Waals surface area contributed by atoms with Crippen LogP contribution in [0.3, 0.4) is 0 Å². The van der Waals surface area contributed by atoms with Gasteiger partial charge in [-0.2, -0.15) is 0 Å². The quantitative estimate of drug-likeness (QED) is 0.860. The molecular formula is C11H12ClNO4S. The average molecular weight is 290 g/mol. The van der Waals surface area contributed by atoms with Crippen LogP contribution in [0.4, 0.5) is 0 Å². The highest BCUT2D eigenvalue weighted by molar-refractivity contribution is 7.90. The van der Waals surface area contributed by atoms with E-state index in [4.69, 9.17) is 26.2 Å². The second kappa shape index (κ2) is 5.17. The maximum Gasteiger partial charge on any atom is 0.223 e. The van der Waals surface area contributed by atoms with Gasteiger partial charge in [0.15, 0.2) is 11.0 Å². The molecule has 18 heavy (non-hydrogen) atoms. The monoisotopic (exact) mass is 289 g/mol. The highest BCUT2D eigenvalue weighted by Gasteiger charge is 2.34. The van der Waals surface area contributed by atoms with Gasteiger partial charge in [0.05, 0.1) is 0 Å². The molecule has 98 valence electrons. The van der Waals surface area contributed by atoms with Crippen molar-refractivity contribution in [2.24, 2.45) is 5.14 Å². The Morgan fingerprint density at radius 2 is 2.17 bits per heavy atom. The number of allylic oxidation sites excluding steroid dienone is 3. The summed E-state index contributed by atoms with van der Waals surface area (Å²) in [6.07, 6.45) is 8.52. The van der Waals surface area contributed by atoms with E-state index in [1.54, 1.807) is 6.08 Å². The molecule has 0 aromatic heterocycles. The molecule has 1 heterocycles. The second-order valence-corrected chi connectivity index (χ2v) is 5.89. The van der Waals surface area contributed by atoms with Crippen LogP contribution in [0.25, 0.3) is 0 Å². The average Bonchev–Trinajstić information content (AvgIpc) is 2.32. The largest absolute Gasteiger partial charge is 0.466 e. The summed E-state index contributed by atoms with van der Waals surface area (Å²) in [5.41, 5.74) is 0.520. The van der Waals surface area contributed by atoms with Gasteiger partial charge in [-0.15, -0.1) is 0 Å². The molecule has 0 saturated carbocycles. The van der Waals surface area contributed by atoms with Crippen LogP contribution in [0.5, 0.6) is 0 Å². The van der Waals surface area contributed by atoms with E-state index in [9.17, 15) is 8.42 Å². The molecule has 2 N–H and O–H groups in total. The summed E-state index contributed by atoms with van der Waals surface area (Å²) in [7, 11) is -3.88. The molecule has 0 aromatic carbocycles. The SMILES string of the molecule is NS(=O)(=O)[C@H](C1=COC=CO1)C1=C(Cl)C=CCC1. The molecule has 0 unspecified atom stereocenters. The van der Waals surface area contributed by atoms with Crippen LogP contribution in [0.2, 0.25) is 0 Å². The van der Waals surface area contributed by atoms with Gasteiger partial charge in [-0.1, -0.05) is 17.7 Å². The second-order valence-electron chi connectivity index (χ2n) is 3.83. The van der Waals surface area contributed by atoms with Gasteiger partial charge in [0, 0.05) is 5.03 Å². The van der Waals surface area contributed by atoms with Crippen molar-refractivity contribution in [1.82, 2.24) is 0 Å². The van der Waals surface area contributed by atoms with Crippen molar-refractivity contribution in [3.8, 4) is 0 Å². The van der Waals surface area contributed by atoms with E-state index >= 15 is 0 Å². The number of ether oxygens (including phenoxy) is 2. The van der Waals surface area contributed by atoms with Crippen molar-refractivity contribution >= 4 is 21.6 Å². The Balaban J connectivity index is 2.44. The summed E-state index contributed by atoms with van der Waals surface area (Å²) in [6, 6.07) is 0. The number of hydrogen-bond donors (Lipinski definition) is 1. The number of nitrogens with two attached hydrogens (primary N) is 1. The maximum atomic E-state index is 11.7. The van der Waals surface area contributed by atoms with Gasteiger partial charge in [0.25, 0.3) is 0 Å². The number of hydrogen-bond acceptors (Lipinski definition) is 4. The molecule has 2 aliphatic rings. The van der Waals surface area contributed by atoms with E-state index in [1.165, 1.54) is 18.8 Å². The lowest BCUT2D eigenvalue weighted by molar-refractivity contribution is 0.250. The summed E-state index contributed by atoms with van der Waals surface area (Å²) in [5, 5.41) is 4.52. The molecule has 1 atom stereocenters. The Bertz CT molecular complexity index is 560. The molecule has 0 saturated heterocycles. The Morgan fingerprint density at radius 1 is 1.39 bits per heavy atom. The first-order valence-electron chi connectivity index (χ1n) is 5.24. The standard InChI is InChI=1S/C11H12ClNO4S/c12-9-4-2-1-3-8(9)11(18(13,14)15)10-7-16-5-6-17-10/h2,4-7,11H,1,3H2,(H2,13,14,15)/t11-/m0/s1. The molecule has 0 spiro atoms.